The zero-order valence-corrected chi connectivity index (χ0v) is 8.80. The molecule has 1 aliphatic heterocycles. The molecule has 0 aromatic heterocycles. The highest BCUT2D eigenvalue weighted by Gasteiger charge is 2.31. The van der Waals surface area contributed by atoms with Crippen LogP contribution < -0.4 is 0 Å². The third-order valence-corrected chi connectivity index (χ3v) is 2.86. The highest BCUT2D eigenvalue weighted by atomic mass is 16.4. The third kappa shape index (κ3) is 2.05. The molecule has 1 aliphatic rings. The minimum atomic E-state index is -0.957. The van der Waals surface area contributed by atoms with Gasteiger partial charge in [0.1, 0.15) is 5.78 Å². The SMILES string of the molecule is O=C1CCN(C(=O)O)C(c2ccccc2)C1. The van der Waals surface area contributed by atoms with E-state index in [9.17, 15) is 9.59 Å². The quantitative estimate of drug-likeness (QED) is 0.786. The van der Waals surface area contributed by atoms with Crippen LogP contribution in [0.3, 0.4) is 0 Å². The van der Waals surface area contributed by atoms with E-state index in [1.165, 1.54) is 4.90 Å². The molecule has 1 atom stereocenters. The molecule has 4 nitrogen and oxygen atoms in total. The van der Waals surface area contributed by atoms with Gasteiger partial charge in [0, 0.05) is 19.4 Å². The standard InChI is InChI=1S/C12H13NO3/c14-10-6-7-13(12(15)16)11(8-10)9-4-2-1-3-5-9/h1-5,11H,6-8H2,(H,15,16). The molecule has 1 saturated heterocycles. The average Bonchev–Trinajstić information content (AvgIpc) is 2.29. The van der Waals surface area contributed by atoms with Gasteiger partial charge in [-0.05, 0) is 5.56 Å². The van der Waals surface area contributed by atoms with Gasteiger partial charge in [-0.15, -0.1) is 0 Å². The summed E-state index contributed by atoms with van der Waals surface area (Å²) in [6, 6.07) is 8.99. The molecule has 1 aromatic rings. The normalized spacial score (nSPS) is 20.9. The molecular formula is C12H13NO3. The van der Waals surface area contributed by atoms with E-state index in [-0.39, 0.29) is 18.2 Å². The molecule has 0 radical (unpaired) electrons. The summed E-state index contributed by atoms with van der Waals surface area (Å²) in [5.41, 5.74) is 0.887. The molecule has 0 bridgehead atoms. The zero-order valence-electron chi connectivity index (χ0n) is 8.80. The highest BCUT2D eigenvalue weighted by molar-refractivity contribution is 5.82. The smallest absolute Gasteiger partial charge is 0.407 e. The van der Waals surface area contributed by atoms with E-state index in [0.29, 0.717) is 13.0 Å². The predicted molar refractivity (Wildman–Crippen MR) is 58.2 cm³/mol. The van der Waals surface area contributed by atoms with Crippen molar-refractivity contribution in [2.24, 2.45) is 0 Å². The van der Waals surface area contributed by atoms with Gasteiger partial charge in [0.05, 0.1) is 6.04 Å². The van der Waals surface area contributed by atoms with Crippen LogP contribution in [0.25, 0.3) is 0 Å². The van der Waals surface area contributed by atoms with Gasteiger partial charge in [-0.2, -0.15) is 0 Å². The van der Waals surface area contributed by atoms with Crippen LogP contribution in [0.2, 0.25) is 0 Å². The van der Waals surface area contributed by atoms with Gasteiger partial charge in [0.2, 0.25) is 0 Å². The van der Waals surface area contributed by atoms with Crippen molar-refractivity contribution < 1.29 is 14.7 Å². The fraction of sp³-hybridized carbons (Fsp3) is 0.333. The first-order valence-electron chi connectivity index (χ1n) is 5.24. The molecule has 0 saturated carbocycles. The number of Topliss-reactive ketones (excluding diaryl/α,β-unsaturated/α-hetero) is 1. The fourth-order valence-corrected chi connectivity index (χ4v) is 2.03. The van der Waals surface area contributed by atoms with Gasteiger partial charge in [0.25, 0.3) is 0 Å². The monoisotopic (exact) mass is 219 g/mol. The number of hydrogen-bond donors (Lipinski definition) is 1. The predicted octanol–water partition coefficient (Wildman–Crippen LogP) is 2.07. The number of benzene rings is 1. The molecule has 4 heteroatoms. The maximum Gasteiger partial charge on any atom is 0.407 e. The Kier molecular flexibility index (Phi) is 2.90. The minimum absolute atomic E-state index is 0.131. The lowest BCUT2D eigenvalue weighted by atomic mass is 9.95. The first-order valence-corrected chi connectivity index (χ1v) is 5.24. The van der Waals surface area contributed by atoms with Gasteiger partial charge < -0.3 is 10.0 Å². The Morgan fingerprint density at radius 1 is 1.31 bits per heavy atom. The summed E-state index contributed by atoms with van der Waals surface area (Å²) in [7, 11) is 0. The molecule has 1 unspecified atom stereocenters. The highest BCUT2D eigenvalue weighted by Crippen LogP contribution is 2.28. The average molecular weight is 219 g/mol. The number of piperidine rings is 1. The first-order chi connectivity index (χ1) is 7.68. The Balaban J connectivity index is 2.27. The van der Waals surface area contributed by atoms with Crippen LogP contribution in [0.5, 0.6) is 0 Å². The Hall–Kier alpha value is -1.84. The molecule has 1 heterocycles. The van der Waals surface area contributed by atoms with Crippen molar-refractivity contribution in [2.45, 2.75) is 18.9 Å². The van der Waals surface area contributed by atoms with E-state index in [1.54, 1.807) is 0 Å². The number of amides is 1. The van der Waals surface area contributed by atoms with Crippen LogP contribution in [-0.2, 0) is 4.79 Å². The van der Waals surface area contributed by atoms with E-state index in [0.717, 1.165) is 5.56 Å². The maximum atomic E-state index is 11.4. The Labute approximate surface area is 93.5 Å². The van der Waals surface area contributed by atoms with E-state index in [1.807, 2.05) is 30.3 Å². The number of carbonyl (C=O) groups is 2. The van der Waals surface area contributed by atoms with Crippen molar-refractivity contribution in [2.75, 3.05) is 6.54 Å². The van der Waals surface area contributed by atoms with Gasteiger partial charge in [-0.3, -0.25) is 4.79 Å². The van der Waals surface area contributed by atoms with Crippen LogP contribution in [0, 0.1) is 0 Å². The second-order valence-corrected chi connectivity index (χ2v) is 3.90. The molecule has 1 aromatic carbocycles. The first kappa shape index (κ1) is 10.7. The molecule has 16 heavy (non-hydrogen) atoms. The van der Waals surface area contributed by atoms with Gasteiger partial charge in [-0.1, -0.05) is 30.3 Å². The summed E-state index contributed by atoms with van der Waals surface area (Å²) in [6.07, 6.45) is -0.340. The van der Waals surface area contributed by atoms with Crippen LogP contribution >= 0.6 is 0 Å². The summed E-state index contributed by atoms with van der Waals surface area (Å²) in [5.74, 6) is 0.131. The van der Waals surface area contributed by atoms with E-state index < -0.39 is 6.09 Å². The maximum absolute atomic E-state index is 11.4. The zero-order chi connectivity index (χ0) is 11.5. The summed E-state index contributed by atoms with van der Waals surface area (Å²) in [4.78, 5) is 23.8. The Morgan fingerprint density at radius 2 is 2.00 bits per heavy atom. The molecule has 84 valence electrons. The number of hydrogen-bond acceptors (Lipinski definition) is 2. The summed E-state index contributed by atoms with van der Waals surface area (Å²) in [6.45, 7) is 0.299. The van der Waals surface area contributed by atoms with Crippen molar-refractivity contribution in [1.29, 1.82) is 0 Å². The lowest BCUT2D eigenvalue weighted by molar-refractivity contribution is -0.122. The molecule has 2 rings (SSSR count). The molecule has 0 spiro atoms. The number of carbonyl (C=O) groups excluding carboxylic acids is 1. The topological polar surface area (TPSA) is 57.6 Å². The van der Waals surface area contributed by atoms with Gasteiger partial charge >= 0.3 is 6.09 Å². The van der Waals surface area contributed by atoms with E-state index in [4.69, 9.17) is 5.11 Å². The van der Waals surface area contributed by atoms with Crippen molar-refractivity contribution in [3.63, 3.8) is 0 Å². The fourth-order valence-electron chi connectivity index (χ4n) is 2.03. The molecule has 1 N–H and O–H groups in total. The third-order valence-electron chi connectivity index (χ3n) is 2.86. The van der Waals surface area contributed by atoms with Crippen molar-refractivity contribution in [3.05, 3.63) is 35.9 Å². The largest absolute Gasteiger partial charge is 0.465 e. The lowest BCUT2D eigenvalue weighted by Crippen LogP contribution is -2.40. The van der Waals surface area contributed by atoms with Crippen LogP contribution in [0.4, 0.5) is 4.79 Å². The van der Waals surface area contributed by atoms with Crippen molar-refractivity contribution in [1.82, 2.24) is 4.90 Å². The number of ketones is 1. The van der Waals surface area contributed by atoms with Crippen molar-refractivity contribution >= 4 is 11.9 Å². The second-order valence-electron chi connectivity index (χ2n) is 3.90. The number of likely N-dealkylation sites (tertiary alicyclic amines) is 1. The Morgan fingerprint density at radius 3 is 2.62 bits per heavy atom. The number of nitrogens with zero attached hydrogens (tertiary/aromatic N) is 1. The molecule has 1 fully saturated rings. The number of rotatable bonds is 1. The van der Waals surface area contributed by atoms with Crippen LogP contribution in [-0.4, -0.2) is 28.4 Å². The van der Waals surface area contributed by atoms with Crippen LogP contribution in [0.1, 0.15) is 24.4 Å². The summed E-state index contributed by atoms with van der Waals surface area (Å²) in [5, 5.41) is 9.07. The van der Waals surface area contributed by atoms with Crippen molar-refractivity contribution in [3.8, 4) is 0 Å². The molecule has 0 aliphatic carbocycles. The van der Waals surface area contributed by atoms with Gasteiger partial charge in [-0.25, -0.2) is 4.79 Å². The molecular weight excluding hydrogens is 206 g/mol. The summed E-state index contributed by atoms with van der Waals surface area (Å²) >= 11 is 0. The van der Waals surface area contributed by atoms with Gasteiger partial charge in [0.15, 0.2) is 0 Å². The molecule has 1 amide bonds. The van der Waals surface area contributed by atoms with E-state index >= 15 is 0 Å². The van der Waals surface area contributed by atoms with Crippen LogP contribution in [0.15, 0.2) is 30.3 Å². The number of carboxylic acid groups (broad SMARTS) is 1. The second kappa shape index (κ2) is 4.35. The lowest BCUT2D eigenvalue weighted by Gasteiger charge is -2.33. The summed E-state index contributed by atoms with van der Waals surface area (Å²) < 4.78 is 0. The van der Waals surface area contributed by atoms with E-state index in [2.05, 4.69) is 0 Å². The Bertz CT molecular complexity index is 402. The minimum Gasteiger partial charge on any atom is -0.465 e.